The largest absolute Gasteiger partial charge is 0.333 e. The number of para-hydroxylation sites is 1. The van der Waals surface area contributed by atoms with Gasteiger partial charge in [-0.05, 0) is 37.1 Å². The molecule has 4 rings (SSSR count). The van der Waals surface area contributed by atoms with Crippen LogP contribution < -0.4 is 4.90 Å². The second-order valence-corrected chi connectivity index (χ2v) is 6.30. The Balaban J connectivity index is 1.61. The van der Waals surface area contributed by atoms with Crippen molar-refractivity contribution in [3.8, 4) is 0 Å². The molecular weight excluding hydrogens is 302 g/mol. The van der Waals surface area contributed by atoms with E-state index < -0.39 is 0 Å². The normalized spacial score (nSPS) is 23.2. The highest BCUT2D eigenvalue weighted by molar-refractivity contribution is 5.97. The third kappa shape index (κ3) is 2.46. The number of benzene rings is 1. The van der Waals surface area contributed by atoms with Crippen LogP contribution in [0.4, 0.5) is 5.69 Å². The number of anilines is 1. The number of carbonyl (C=O) groups is 2. The summed E-state index contributed by atoms with van der Waals surface area (Å²) in [6, 6.07) is 13.4. The van der Waals surface area contributed by atoms with Crippen molar-refractivity contribution >= 4 is 17.5 Å². The summed E-state index contributed by atoms with van der Waals surface area (Å²) >= 11 is 0. The van der Waals surface area contributed by atoms with E-state index in [1.165, 1.54) is 0 Å². The molecule has 0 radical (unpaired) electrons. The summed E-state index contributed by atoms with van der Waals surface area (Å²) in [5.74, 6) is 0.188. The zero-order valence-corrected chi connectivity index (χ0v) is 13.3. The molecule has 122 valence electrons. The van der Waals surface area contributed by atoms with E-state index in [9.17, 15) is 9.59 Å². The van der Waals surface area contributed by atoms with E-state index in [0.29, 0.717) is 18.5 Å². The van der Waals surface area contributed by atoms with E-state index in [0.717, 1.165) is 18.5 Å². The fourth-order valence-electron chi connectivity index (χ4n) is 3.90. The Morgan fingerprint density at radius 2 is 1.75 bits per heavy atom. The average molecular weight is 321 g/mol. The number of rotatable bonds is 2. The Morgan fingerprint density at radius 1 is 1.00 bits per heavy atom. The second-order valence-electron chi connectivity index (χ2n) is 6.30. The van der Waals surface area contributed by atoms with Crippen LogP contribution in [0.3, 0.4) is 0 Å². The van der Waals surface area contributed by atoms with Gasteiger partial charge in [0.25, 0.3) is 5.91 Å². The zero-order chi connectivity index (χ0) is 16.5. The first kappa shape index (κ1) is 14.9. The molecule has 0 spiro atoms. The Bertz CT molecular complexity index is 748. The maximum absolute atomic E-state index is 12.8. The first-order valence-electron chi connectivity index (χ1n) is 8.34. The summed E-state index contributed by atoms with van der Waals surface area (Å²) in [7, 11) is 0. The van der Waals surface area contributed by atoms with E-state index in [-0.39, 0.29) is 23.9 Å². The Labute approximate surface area is 140 Å². The maximum atomic E-state index is 12.8. The van der Waals surface area contributed by atoms with Gasteiger partial charge in [0.15, 0.2) is 0 Å². The molecular formula is C19H19N3O2. The summed E-state index contributed by atoms with van der Waals surface area (Å²) in [6.45, 7) is 0.688. The average Bonchev–Trinajstić information content (AvgIpc) is 3.06. The maximum Gasteiger partial charge on any atom is 0.254 e. The quantitative estimate of drug-likeness (QED) is 0.854. The van der Waals surface area contributed by atoms with E-state index in [2.05, 4.69) is 4.98 Å². The number of aromatic nitrogens is 1. The third-order valence-electron chi connectivity index (χ3n) is 4.99. The summed E-state index contributed by atoms with van der Waals surface area (Å²) in [5, 5.41) is 0. The Hall–Kier alpha value is -2.69. The van der Waals surface area contributed by atoms with Gasteiger partial charge < -0.3 is 9.80 Å². The highest BCUT2D eigenvalue weighted by Gasteiger charge is 2.45. The molecule has 1 aromatic heterocycles. The minimum absolute atomic E-state index is 0.0345. The topological polar surface area (TPSA) is 53.5 Å². The van der Waals surface area contributed by atoms with Crippen molar-refractivity contribution in [2.45, 2.75) is 31.3 Å². The number of piperidine rings is 1. The highest BCUT2D eigenvalue weighted by Crippen LogP contribution is 2.35. The van der Waals surface area contributed by atoms with E-state index >= 15 is 0 Å². The van der Waals surface area contributed by atoms with E-state index in [4.69, 9.17) is 0 Å². The smallest absolute Gasteiger partial charge is 0.254 e. The first-order chi connectivity index (χ1) is 11.8. The standard InChI is InChI=1S/C19H19N3O2/c23-18-7-6-16-17(22(18)15-4-2-1-3-5-15)10-13-21(16)19(24)14-8-11-20-12-9-14/h1-5,8-9,11-12,16-17H,6-7,10,13H2/t16-,17-/m0/s1. The molecule has 0 aliphatic carbocycles. The van der Waals surface area contributed by atoms with E-state index in [1.807, 2.05) is 40.1 Å². The minimum atomic E-state index is 0.0345. The predicted molar refractivity (Wildman–Crippen MR) is 90.6 cm³/mol. The lowest BCUT2D eigenvalue weighted by atomic mass is 9.95. The van der Waals surface area contributed by atoms with Gasteiger partial charge in [-0.3, -0.25) is 14.6 Å². The number of carbonyl (C=O) groups excluding carboxylic acids is 2. The monoisotopic (exact) mass is 321 g/mol. The molecule has 2 aliphatic rings. The second kappa shape index (κ2) is 6.07. The summed E-state index contributed by atoms with van der Waals surface area (Å²) in [4.78, 5) is 33.1. The number of fused-ring (bicyclic) bond motifs is 1. The molecule has 2 atom stereocenters. The Kier molecular flexibility index (Phi) is 3.76. The van der Waals surface area contributed by atoms with Crippen LogP contribution in [-0.2, 0) is 4.79 Å². The van der Waals surface area contributed by atoms with Gasteiger partial charge in [-0.15, -0.1) is 0 Å². The van der Waals surface area contributed by atoms with Gasteiger partial charge in [-0.1, -0.05) is 18.2 Å². The number of pyridine rings is 1. The molecule has 0 N–H and O–H groups in total. The number of hydrogen-bond donors (Lipinski definition) is 0. The van der Waals surface area contributed by atoms with Gasteiger partial charge in [-0.25, -0.2) is 0 Å². The fraction of sp³-hybridized carbons (Fsp3) is 0.316. The fourth-order valence-corrected chi connectivity index (χ4v) is 3.90. The number of nitrogens with zero attached hydrogens (tertiary/aromatic N) is 3. The van der Waals surface area contributed by atoms with Crippen LogP contribution in [0.5, 0.6) is 0 Å². The molecule has 0 unspecified atom stereocenters. The van der Waals surface area contributed by atoms with Crippen LogP contribution in [0.25, 0.3) is 0 Å². The molecule has 5 heteroatoms. The van der Waals surface area contributed by atoms with Crippen LogP contribution in [0.2, 0.25) is 0 Å². The SMILES string of the molecule is O=C(c1ccncc1)N1CC[C@H]2[C@@H]1CCC(=O)N2c1ccccc1. The number of likely N-dealkylation sites (tertiary alicyclic amines) is 1. The molecule has 0 bridgehead atoms. The van der Waals surface area contributed by atoms with Crippen molar-refractivity contribution in [2.24, 2.45) is 0 Å². The molecule has 2 aliphatic heterocycles. The number of amides is 2. The van der Waals surface area contributed by atoms with Gasteiger partial charge in [-0.2, -0.15) is 0 Å². The van der Waals surface area contributed by atoms with Gasteiger partial charge in [0.1, 0.15) is 0 Å². The predicted octanol–water partition coefficient (Wildman–Crippen LogP) is 2.49. The molecule has 2 amide bonds. The zero-order valence-electron chi connectivity index (χ0n) is 13.3. The van der Waals surface area contributed by atoms with Crippen LogP contribution in [-0.4, -0.2) is 40.3 Å². The molecule has 24 heavy (non-hydrogen) atoms. The van der Waals surface area contributed by atoms with Gasteiger partial charge in [0.2, 0.25) is 5.91 Å². The van der Waals surface area contributed by atoms with Gasteiger partial charge in [0, 0.05) is 36.6 Å². The van der Waals surface area contributed by atoms with E-state index in [1.54, 1.807) is 24.5 Å². The molecule has 2 aromatic rings. The Morgan fingerprint density at radius 3 is 2.50 bits per heavy atom. The minimum Gasteiger partial charge on any atom is -0.333 e. The van der Waals surface area contributed by atoms with Gasteiger partial charge >= 0.3 is 0 Å². The molecule has 2 fully saturated rings. The third-order valence-corrected chi connectivity index (χ3v) is 4.99. The highest BCUT2D eigenvalue weighted by atomic mass is 16.2. The molecule has 1 aromatic carbocycles. The van der Waals surface area contributed by atoms with Crippen LogP contribution in [0.15, 0.2) is 54.9 Å². The lowest BCUT2D eigenvalue weighted by Gasteiger charge is -2.39. The molecule has 0 saturated carbocycles. The molecule has 5 nitrogen and oxygen atoms in total. The van der Waals surface area contributed by atoms with Gasteiger partial charge in [0.05, 0.1) is 12.1 Å². The summed E-state index contributed by atoms with van der Waals surface area (Å²) < 4.78 is 0. The molecule has 3 heterocycles. The number of hydrogen-bond acceptors (Lipinski definition) is 3. The first-order valence-corrected chi connectivity index (χ1v) is 8.34. The summed E-state index contributed by atoms with van der Waals surface area (Å²) in [6.07, 6.45) is 5.32. The van der Waals surface area contributed by atoms with Crippen molar-refractivity contribution in [3.63, 3.8) is 0 Å². The summed E-state index contributed by atoms with van der Waals surface area (Å²) in [5.41, 5.74) is 1.59. The van der Waals surface area contributed by atoms with Crippen LogP contribution in [0.1, 0.15) is 29.6 Å². The van der Waals surface area contributed by atoms with Crippen molar-refractivity contribution in [3.05, 3.63) is 60.4 Å². The van der Waals surface area contributed by atoms with Crippen molar-refractivity contribution < 1.29 is 9.59 Å². The lowest BCUT2D eigenvalue weighted by Crippen LogP contribution is -2.53. The van der Waals surface area contributed by atoms with Crippen molar-refractivity contribution in [1.82, 2.24) is 9.88 Å². The lowest BCUT2D eigenvalue weighted by molar-refractivity contribution is -0.120. The molecule has 2 saturated heterocycles. The van der Waals surface area contributed by atoms with Crippen molar-refractivity contribution in [2.75, 3.05) is 11.4 Å². The van der Waals surface area contributed by atoms with Crippen molar-refractivity contribution in [1.29, 1.82) is 0 Å². The van der Waals surface area contributed by atoms with Crippen LogP contribution in [0, 0.1) is 0 Å². The van der Waals surface area contributed by atoms with Crippen LogP contribution >= 0.6 is 0 Å².